The highest BCUT2D eigenvalue weighted by Gasteiger charge is 2.22. The molecule has 2 rings (SSSR count). The topological polar surface area (TPSA) is 0 Å². The summed E-state index contributed by atoms with van der Waals surface area (Å²) in [4.78, 5) is 0. The zero-order valence-corrected chi connectivity index (χ0v) is 11.0. The molecule has 0 nitrogen and oxygen atoms in total. The van der Waals surface area contributed by atoms with Gasteiger partial charge >= 0.3 is 0 Å². The van der Waals surface area contributed by atoms with Crippen molar-refractivity contribution in [2.45, 2.75) is 25.7 Å². The fourth-order valence-electron chi connectivity index (χ4n) is 2.15. The van der Waals surface area contributed by atoms with Crippen LogP contribution in [0.3, 0.4) is 0 Å². The van der Waals surface area contributed by atoms with Crippen LogP contribution in [0.4, 0.5) is 0 Å². The maximum atomic E-state index is 3.78. The molecular weight excluding hydrogens is 216 g/mol. The summed E-state index contributed by atoms with van der Waals surface area (Å²) in [6.45, 7) is 8.27. The van der Waals surface area contributed by atoms with Gasteiger partial charge in [-0.2, -0.15) is 0 Å². The lowest BCUT2D eigenvalue weighted by Gasteiger charge is -2.26. The summed E-state index contributed by atoms with van der Waals surface area (Å²) < 4.78 is 0. The monoisotopic (exact) mass is 234 g/mol. The standard InChI is InChI=1S/C18H18/c1-4-9-15-10-8-13-17(14-15)18(2,3)16-11-6-5-7-12-16/h4,6-8,11-14H,1,9H2,2-3H3. The van der Waals surface area contributed by atoms with Crippen molar-refractivity contribution in [3.8, 4) is 0 Å². The predicted molar refractivity (Wildman–Crippen MR) is 76.6 cm³/mol. The molecule has 0 atom stereocenters. The van der Waals surface area contributed by atoms with Crippen LogP contribution >= 0.6 is 0 Å². The Labute approximate surface area is 110 Å². The van der Waals surface area contributed by atoms with E-state index in [0.29, 0.717) is 0 Å². The van der Waals surface area contributed by atoms with Gasteiger partial charge in [-0.15, -0.1) is 6.58 Å². The van der Waals surface area contributed by atoms with Gasteiger partial charge in [0.2, 0.25) is 0 Å². The molecule has 2 radical (unpaired) electrons. The molecule has 0 unspecified atom stereocenters. The number of benzene rings is 2. The van der Waals surface area contributed by atoms with Crippen molar-refractivity contribution in [2.75, 3.05) is 0 Å². The third-order valence-electron chi connectivity index (χ3n) is 3.39. The maximum Gasteiger partial charge on any atom is 0.0146 e. The van der Waals surface area contributed by atoms with Crippen LogP contribution in [-0.2, 0) is 11.8 Å². The van der Waals surface area contributed by atoms with Crippen LogP contribution in [0, 0.1) is 12.1 Å². The average Bonchev–Trinajstić information content (AvgIpc) is 2.40. The number of hydrogen-bond acceptors (Lipinski definition) is 0. The second-order valence-electron chi connectivity index (χ2n) is 5.01. The lowest BCUT2D eigenvalue weighted by atomic mass is 9.77. The first-order chi connectivity index (χ1) is 8.64. The van der Waals surface area contributed by atoms with E-state index < -0.39 is 0 Å². The molecule has 0 saturated carbocycles. The minimum atomic E-state index is 0.000119. The molecule has 0 aliphatic rings. The Bertz CT molecular complexity index is 521. The number of hydrogen-bond donors (Lipinski definition) is 0. The Hall–Kier alpha value is -1.82. The van der Waals surface area contributed by atoms with Crippen molar-refractivity contribution in [2.24, 2.45) is 0 Å². The van der Waals surface area contributed by atoms with Crippen LogP contribution in [0.15, 0.2) is 55.1 Å². The fraction of sp³-hybridized carbons (Fsp3) is 0.222. The quantitative estimate of drug-likeness (QED) is 0.690. The Morgan fingerprint density at radius 1 is 1.11 bits per heavy atom. The van der Waals surface area contributed by atoms with Crippen molar-refractivity contribution in [1.82, 2.24) is 0 Å². The zero-order valence-electron chi connectivity index (χ0n) is 11.0. The van der Waals surface area contributed by atoms with E-state index in [1.54, 1.807) is 0 Å². The van der Waals surface area contributed by atoms with Gasteiger partial charge in [0.15, 0.2) is 0 Å². The van der Waals surface area contributed by atoms with Gasteiger partial charge in [0.1, 0.15) is 0 Å². The molecule has 0 aliphatic heterocycles. The first-order valence-electron chi connectivity index (χ1n) is 6.23. The van der Waals surface area contributed by atoms with Crippen molar-refractivity contribution in [1.29, 1.82) is 0 Å². The second kappa shape index (κ2) is 5.22. The molecule has 0 saturated heterocycles. The average molecular weight is 234 g/mol. The number of rotatable bonds is 4. The predicted octanol–water partition coefficient (Wildman–Crippen LogP) is 4.34. The SMILES string of the molecule is C=CCc1[c]ccc(C(C)(C)c2cc[c]cc2)c1. The highest BCUT2D eigenvalue weighted by molar-refractivity contribution is 5.39. The molecule has 0 amide bonds. The Morgan fingerprint density at radius 2 is 1.78 bits per heavy atom. The van der Waals surface area contributed by atoms with E-state index in [4.69, 9.17) is 0 Å². The van der Waals surface area contributed by atoms with Crippen molar-refractivity contribution < 1.29 is 0 Å². The second-order valence-corrected chi connectivity index (χ2v) is 5.01. The van der Waals surface area contributed by atoms with Crippen LogP contribution in [0.2, 0.25) is 0 Å². The lowest BCUT2D eigenvalue weighted by molar-refractivity contribution is 0.640. The Kier molecular flexibility index (Phi) is 3.66. The summed E-state index contributed by atoms with van der Waals surface area (Å²) in [5.74, 6) is 0. The molecule has 2 aromatic rings. The summed E-state index contributed by atoms with van der Waals surface area (Å²) in [6, 6.07) is 20.9. The molecule has 0 aliphatic carbocycles. The van der Waals surface area contributed by atoms with Gasteiger partial charge in [0.05, 0.1) is 0 Å². The highest BCUT2D eigenvalue weighted by atomic mass is 14.3. The molecule has 0 bridgehead atoms. The zero-order chi connectivity index (χ0) is 13.0. The third kappa shape index (κ3) is 2.53. The van der Waals surface area contributed by atoms with Crippen molar-refractivity contribution >= 4 is 0 Å². The van der Waals surface area contributed by atoms with Gasteiger partial charge in [0.25, 0.3) is 0 Å². The smallest absolute Gasteiger partial charge is 0.0146 e. The van der Waals surface area contributed by atoms with E-state index in [2.05, 4.69) is 56.8 Å². The molecule has 0 aromatic heterocycles. The van der Waals surface area contributed by atoms with Crippen LogP contribution in [-0.4, -0.2) is 0 Å². The molecule has 0 N–H and O–H groups in total. The van der Waals surface area contributed by atoms with Gasteiger partial charge in [-0.3, -0.25) is 0 Å². The first-order valence-corrected chi connectivity index (χ1v) is 6.23. The van der Waals surface area contributed by atoms with Crippen LogP contribution in [0.1, 0.15) is 30.5 Å². The molecule has 90 valence electrons. The van der Waals surface area contributed by atoms with Crippen LogP contribution < -0.4 is 0 Å². The molecule has 0 fully saturated rings. The molecule has 18 heavy (non-hydrogen) atoms. The van der Waals surface area contributed by atoms with E-state index >= 15 is 0 Å². The van der Waals surface area contributed by atoms with E-state index in [1.165, 1.54) is 16.7 Å². The normalized spacial score (nSPS) is 11.2. The molecule has 0 spiro atoms. The van der Waals surface area contributed by atoms with E-state index in [1.807, 2.05) is 24.3 Å². The Morgan fingerprint density at radius 3 is 2.44 bits per heavy atom. The largest absolute Gasteiger partial charge is 0.103 e. The van der Waals surface area contributed by atoms with Crippen molar-refractivity contribution in [3.05, 3.63) is 83.9 Å². The van der Waals surface area contributed by atoms with E-state index in [9.17, 15) is 0 Å². The van der Waals surface area contributed by atoms with Gasteiger partial charge in [-0.25, -0.2) is 0 Å². The highest BCUT2D eigenvalue weighted by Crippen LogP contribution is 2.31. The maximum absolute atomic E-state index is 3.78. The summed E-state index contributed by atoms with van der Waals surface area (Å²) in [5.41, 5.74) is 3.81. The van der Waals surface area contributed by atoms with E-state index in [0.717, 1.165) is 6.42 Å². The molecule has 0 heterocycles. The Balaban J connectivity index is 2.41. The summed E-state index contributed by atoms with van der Waals surface area (Å²) >= 11 is 0. The summed E-state index contributed by atoms with van der Waals surface area (Å²) in [6.07, 6.45) is 2.78. The lowest BCUT2D eigenvalue weighted by Crippen LogP contribution is -2.18. The minimum Gasteiger partial charge on any atom is -0.103 e. The van der Waals surface area contributed by atoms with Gasteiger partial charge in [0, 0.05) is 5.41 Å². The molecule has 0 heteroatoms. The first kappa shape index (κ1) is 12.6. The minimum absolute atomic E-state index is 0.000119. The number of allylic oxidation sites excluding steroid dienone is 1. The van der Waals surface area contributed by atoms with Gasteiger partial charge in [-0.1, -0.05) is 62.4 Å². The third-order valence-corrected chi connectivity index (χ3v) is 3.39. The summed E-state index contributed by atoms with van der Waals surface area (Å²) in [5, 5.41) is 0. The van der Waals surface area contributed by atoms with Crippen LogP contribution in [0.25, 0.3) is 0 Å². The summed E-state index contributed by atoms with van der Waals surface area (Å²) in [7, 11) is 0. The van der Waals surface area contributed by atoms with Gasteiger partial charge < -0.3 is 0 Å². The molecule has 2 aromatic carbocycles. The fourth-order valence-corrected chi connectivity index (χ4v) is 2.15. The van der Waals surface area contributed by atoms with Gasteiger partial charge in [-0.05, 0) is 35.2 Å². The van der Waals surface area contributed by atoms with E-state index in [-0.39, 0.29) is 5.41 Å². The molecular formula is C18H18. The van der Waals surface area contributed by atoms with Crippen LogP contribution in [0.5, 0.6) is 0 Å². The van der Waals surface area contributed by atoms with Crippen molar-refractivity contribution in [3.63, 3.8) is 0 Å².